The number of amides is 1. The number of fused-ring (bicyclic) bond motifs is 2. The van der Waals surface area contributed by atoms with Crippen LogP contribution >= 0.6 is 0 Å². The molecule has 1 N–H and O–H groups in total. The van der Waals surface area contributed by atoms with Crippen LogP contribution in [-0.2, 0) is 19.4 Å². The lowest BCUT2D eigenvalue weighted by Gasteiger charge is -2.26. The number of aromatic nitrogens is 2. The molecule has 1 amide bonds. The van der Waals surface area contributed by atoms with Gasteiger partial charge >= 0.3 is 0 Å². The molecule has 0 aliphatic carbocycles. The van der Waals surface area contributed by atoms with Gasteiger partial charge in [-0.2, -0.15) is 0 Å². The van der Waals surface area contributed by atoms with E-state index in [1.165, 1.54) is 5.56 Å². The van der Waals surface area contributed by atoms with Crippen molar-refractivity contribution in [1.82, 2.24) is 14.9 Å². The van der Waals surface area contributed by atoms with E-state index in [1.54, 1.807) is 0 Å². The summed E-state index contributed by atoms with van der Waals surface area (Å²) in [7, 11) is 0. The largest absolute Gasteiger partial charge is 0.491 e. The second-order valence-electron chi connectivity index (χ2n) is 7.14. The number of imidazole rings is 1. The van der Waals surface area contributed by atoms with Crippen molar-refractivity contribution < 1.29 is 9.53 Å². The Kier molecular flexibility index (Phi) is 3.79. The van der Waals surface area contributed by atoms with E-state index in [0.29, 0.717) is 18.2 Å². The van der Waals surface area contributed by atoms with Crippen LogP contribution in [0.4, 0.5) is 0 Å². The molecule has 2 aliphatic rings. The molecule has 0 radical (unpaired) electrons. The zero-order valence-corrected chi connectivity index (χ0v) is 14.2. The van der Waals surface area contributed by atoms with Crippen molar-refractivity contribution in [1.29, 1.82) is 0 Å². The highest BCUT2D eigenvalue weighted by Gasteiger charge is 2.24. The number of nitrogens with zero attached hydrogens (tertiary/aromatic N) is 2. The molecule has 5 heteroatoms. The molecule has 3 heterocycles. The van der Waals surface area contributed by atoms with E-state index >= 15 is 0 Å². The molecule has 0 saturated heterocycles. The summed E-state index contributed by atoms with van der Waals surface area (Å²) in [5, 5.41) is 3.08. The van der Waals surface area contributed by atoms with Crippen molar-refractivity contribution in [3.63, 3.8) is 0 Å². The number of hydrogen-bond acceptors (Lipinski definition) is 3. The van der Waals surface area contributed by atoms with Gasteiger partial charge < -0.3 is 14.6 Å². The van der Waals surface area contributed by atoms with Crippen LogP contribution < -0.4 is 10.1 Å². The summed E-state index contributed by atoms with van der Waals surface area (Å²) in [5.41, 5.74) is 2.89. The summed E-state index contributed by atoms with van der Waals surface area (Å²) >= 11 is 0. The lowest BCUT2D eigenvalue weighted by atomic mass is 10.0. The zero-order chi connectivity index (χ0) is 16.7. The van der Waals surface area contributed by atoms with Crippen molar-refractivity contribution in [2.45, 2.75) is 45.7 Å². The maximum Gasteiger partial charge on any atom is 0.271 e. The third-order valence-corrected chi connectivity index (χ3v) is 4.92. The summed E-state index contributed by atoms with van der Waals surface area (Å²) < 4.78 is 7.91. The number of ether oxygens (including phenoxy) is 1. The minimum atomic E-state index is -0.103. The van der Waals surface area contributed by atoms with E-state index in [0.717, 1.165) is 42.9 Å². The molecule has 0 bridgehead atoms. The standard InChI is InChI=1S/C19H23N3O2/c1-12-3-5-17-14(7-12)8-15(11-24-17)20-19(23)16-10-22-9-13(2)4-6-18(22)21-16/h3,5,7,10,13,15H,4,6,8-9,11H2,1-2H3,(H,20,23). The molecule has 4 rings (SSSR count). The average Bonchev–Trinajstić information content (AvgIpc) is 2.97. The Morgan fingerprint density at radius 1 is 1.42 bits per heavy atom. The highest BCUT2D eigenvalue weighted by molar-refractivity contribution is 5.92. The van der Waals surface area contributed by atoms with Gasteiger partial charge in [-0.05, 0) is 37.3 Å². The molecule has 0 fully saturated rings. The smallest absolute Gasteiger partial charge is 0.271 e. The molecule has 0 spiro atoms. The van der Waals surface area contributed by atoms with E-state index in [-0.39, 0.29) is 11.9 Å². The first-order chi connectivity index (χ1) is 11.6. The quantitative estimate of drug-likeness (QED) is 0.923. The Morgan fingerprint density at radius 2 is 2.29 bits per heavy atom. The second kappa shape index (κ2) is 5.96. The van der Waals surface area contributed by atoms with Gasteiger partial charge in [-0.3, -0.25) is 4.79 Å². The second-order valence-corrected chi connectivity index (χ2v) is 7.14. The van der Waals surface area contributed by atoms with Crippen molar-refractivity contribution in [3.8, 4) is 5.75 Å². The SMILES string of the molecule is Cc1ccc2c(c1)CC(NC(=O)c1cn3c(n1)CCC(C)C3)CO2. The number of rotatable bonds is 2. The maximum atomic E-state index is 12.5. The number of aryl methyl sites for hydroxylation is 2. The lowest BCUT2D eigenvalue weighted by molar-refractivity contribution is 0.0910. The summed E-state index contributed by atoms with van der Waals surface area (Å²) in [5.74, 6) is 2.50. The third kappa shape index (κ3) is 2.90. The van der Waals surface area contributed by atoms with Gasteiger partial charge in [0, 0.05) is 19.2 Å². The first-order valence-corrected chi connectivity index (χ1v) is 8.68. The molecule has 2 aromatic rings. The Hall–Kier alpha value is -2.30. The van der Waals surface area contributed by atoms with Crippen LogP contribution in [-0.4, -0.2) is 28.1 Å². The summed E-state index contributed by atoms with van der Waals surface area (Å²) in [6, 6.07) is 6.18. The number of carbonyl (C=O) groups is 1. The van der Waals surface area contributed by atoms with Gasteiger partial charge in [0.05, 0.1) is 6.04 Å². The summed E-state index contributed by atoms with van der Waals surface area (Å²) in [4.78, 5) is 17.1. The number of carbonyl (C=O) groups excluding carboxylic acids is 1. The highest BCUT2D eigenvalue weighted by Crippen LogP contribution is 2.26. The molecule has 2 atom stereocenters. The van der Waals surface area contributed by atoms with E-state index in [1.807, 2.05) is 18.3 Å². The van der Waals surface area contributed by atoms with E-state index in [4.69, 9.17) is 4.74 Å². The van der Waals surface area contributed by atoms with Gasteiger partial charge in [0.1, 0.15) is 23.9 Å². The van der Waals surface area contributed by atoms with Crippen LogP contribution in [0.25, 0.3) is 0 Å². The van der Waals surface area contributed by atoms with Crippen LogP contribution in [0.3, 0.4) is 0 Å². The molecule has 2 aliphatic heterocycles. The molecule has 5 nitrogen and oxygen atoms in total. The summed E-state index contributed by atoms with van der Waals surface area (Å²) in [6.45, 7) is 5.77. The molecule has 0 saturated carbocycles. The first kappa shape index (κ1) is 15.2. The fourth-order valence-corrected chi connectivity index (χ4v) is 3.60. The first-order valence-electron chi connectivity index (χ1n) is 8.68. The van der Waals surface area contributed by atoms with Gasteiger partial charge in [-0.1, -0.05) is 24.6 Å². The van der Waals surface area contributed by atoms with Gasteiger partial charge in [-0.25, -0.2) is 4.98 Å². The van der Waals surface area contributed by atoms with Gasteiger partial charge in [-0.15, -0.1) is 0 Å². The van der Waals surface area contributed by atoms with Gasteiger partial charge in [0.25, 0.3) is 5.91 Å². The van der Waals surface area contributed by atoms with Crippen LogP contribution in [0.2, 0.25) is 0 Å². The van der Waals surface area contributed by atoms with Crippen molar-refractivity contribution in [2.24, 2.45) is 5.92 Å². The molecule has 24 heavy (non-hydrogen) atoms. The molecular weight excluding hydrogens is 302 g/mol. The summed E-state index contributed by atoms with van der Waals surface area (Å²) in [6.07, 6.45) is 4.79. The molecule has 2 unspecified atom stereocenters. The average molecular weight is 325 g/mol. The Morgan fingerprint density at radius 3 is 3.17 bits per heavy atom. The van der Waals surface area contributed by atoms with E-state index < -0.39 is 0 Å². The minimum Gasteiger partial charge on any atom is -0.491 e. The highest BCUT2D eigenvalue weighted by atomic mass is 16.5. The van der Waals surface area contributed by atoms with Crippen LogP contribution in [0.15, 0.2) is 24.4 Å². The normalized spacial score (nSPS) is 22.2. The molecule has 1 aromatic heterocycles. The topological polar surface area (TPSA) is 56.2 Å². The van der Waals surface area contributed by atoms with E-state index in [9.17, 15) is 4.79 Å². The van der Waals surface area contributed by atoms with Crippen LogP contribution in [0.5, 0.6) is 5.75 Å². The van der Waals surface area contributed by atoms with Crippen LogP contribution in [0.1, 0.15) is 40.8 Å². The predicted octanol–water partition coefficient (Wildman–Crippen LogP) is 2.51. The minimum absolute atomic E-state index is 0.00977. The predicted molar refractivity (Wildman–Crippen MR) is 91.3 cm³/mol. The number of nitrogens with one attached hydrogen (secondary N) is 1. The van der Waals surface area contributed by atoms with Crippen molar-refractivity contribution in [3.05, 3.63) is 47.0 Å². The fraction of sp³-hybridized carbons (Fsp3) is 0.474. The van der Waals surface area contributed by atoms with Crippen molar-refractivity contribution in [2.75, 3.05) is 6.61 Å². The Labute approximate surface area is 142 Å². The van der Waals surface area contributed by atoms with Crippen molar-refractivity contribution >= 4 is 5.91 Å². The monoisotopic (exact) mass is 325 g/mol. The maximum absolute atomic E-state index is 12.5. The zero-order valence-electron chi connectivity index (χ0n) is 14.2. The molecule has 126 valence electrons. The Bertz CT molecular complexity index is 781. The number of hydrogen-bond donors (Lipinski definition) is 1. The van der Waals surface area contributed by atoms with E-state index in [2.05, 4.69) is 34.8 Å². The van der Waals surface area contributed by atoms with Gasteiger partial charge in [0.2, 0.25) is 0 Å². The Balaban J connectivity index is 1.45. The van der Waals surface area contributed by atoms with Crippen LogP contribution in [0, 0.1) is 12.8 Å². The lowest BCUT2D eigenvalue weighted by Crippen LogP contribution is -2.42. The number of benzene rings is 1. The van der Waals surface area contributed by atoms with Gasteiger partial charge in [0.15, 0.2) is 0 Å². The molecule has 1 aromatic carbocycles. The molecular formula is C19H23N3O2. The fourth-order valence-electron chi connectivity index (χ4n) is 3.60. The third-order valence-electron chi connectivity index (χ3n) is 4.92.